The Morgan fingerprint density at radius 3 is 2.78 bits per heavy atom. The van der Waals surface area contributed by atoms with E-state index < -0.39 is 0 Å². The molecular formula is C15H17FN2. The maximum Gasteiger partial charge on any atom is 0.123 e. The molecule has 1 N–H and O–H groups in total. The Kier molecular flexibility index (Phi) is 4.05. The molecule has 2 aromatic rings. The molecule has 0 spiro atoms. The molecule has 3 heteroatoms. The molecular weight excluding hydrogens is 227 g/mol. The van der Waals surface area contributed by atoms with Crippen molar-refractivity contribution in [2.24, 2.45) is 0 Å². The summed E-state index contributed by atoms with van der Waals surface area (Å²) in [4.78, 5) is 4.38. The molecule has 0 aliphatic heterocycles. The topological polar surface area (TPSA) is 24.9 Å². The van der Waals surface area contributed by atoms with Crippen LogP contribution in [-0.2, 0) is 0 Å². The molecule has 0 fully saturated rings. The fraction of sp³-hybridized carbons (Fsp3) is 0.267. The van der Waals surface area contributed by atoms with Crippen molar-refractivity contribution < 1.29 is 4.39 Å². The van der Waals surface area contributed by atoms with Crippen molar-refractivity contribution in [3.05, 3.63) is 65.2 Å². The number of hydrogen-bond acceptors (Lipinski definition) is 2. The van der Waals surface area contributed by atoms with E-state index in [1.165, 1.54) is 6.07 Å². The van der Waals surface area contributed by atoms with Crippen molar-refractivity contribution in [3.8, 4) is 0 Å². The number of halogens is 1. The third kappa shape index (κ3) is 2.93. The van der Waals surface area contributed by atoms with Crippen molar-refractivity contribution in [3.63, 3.8) is 0 Å². The lowest BCUT2D eigenvalue weighted by molar-refractivity contribution is 0.595. The summed E-state index contributed by atoms with van der Waals surface area (Å²) in [6, 6.07) is 10.6. The molecule has 0 amide bonds. The highest BCUT2D eigenvalue weighted by Crippen LogP contribution is 2.21. The van der Waals surface area contributed by atoms with E-state index in [2.05, 4.69) is 10.3 Å². The number of aromatic nitrogens is 1. The van der Waals surface area contributed by atoms with Gasteiger partial charge in [-0.2, -0.15) is 0 Å². The molecule has 0 saturated carbocycles. The van der Waals surface area contributed by atoms with Crippen LogP contribution in [0.1, 0.15) is 29.8 Å². The first-order chi connectivity index (χ1) is 8.70. The molecule has 0 aliphatic rings. The predicted molar refractivity (Wildman–Crippen MR) is 70.9 cm³/mol. The number of benzene rings is 1. The summed E-state index contributed by atoms with van der Waals surface area (Å²) in [5.41, 5.74) is 2.97. The van der Waals surface area contributed by atoms with Crippen LogP contribution in [0.3, 0.4) is 0 Å². The average Bonchev–Trinajstić information content (AvgIpc) is 2.36. The Balaban J connectivity index is 2.39. The molecule has 1 unspecified atom stereocenters. The Morgan fingerprint density at radius 2 is 2.11 bits per heavy atom. The standard InChI is InChI=1S/C15H17FN2/c1-3-17-15(12-5-4-6-13(16)10-12)14-9-11(2)7-8-18-14/h4-10,15,17H,3H2,1-2H3. The Morgan fingerprint density at radius 1 is 1.28 bits per heavy atom. The third-order valence-electron chi connectivity index (χ3n) is 2.82. The van der Waals surface area contributed by atoms with E-state index in [-0.39, 0.29) is 11.9 Å². The van der Waals surface area contributed by atoms with Crippen LogP contribution < -0.4 is 5.32 Å². The smallest absolute Gasteiger partial charge is 0.123 e. The van der Waals surface area contributed by atoms with E-state index in [0.717, 1.165) is 23.4 Å². The van der Waals surface area contributed by atoms with E-state index in [4.69, 9.17) is 0 Å². The SMILES string of the molecule is CCNC(c1cccc(F)c1)c1cc(C)ccn1. The molecule has 2 rings (SSSR count). The van der Waals surface area contributed by atoms with E-state index in [1.807, 2.05) is 32.0 Å². The number of pyridine rings is 1. The lowest BCUT2D eigenvalue weighted by Crippen LogP contribution is -2.23. The van der Waals surface area contributed by atoms with E-state index in [1.54, 1.807) is 18.3 Å². The van der Waals surface area contributed by atoms with Gasteiger partial charge in [0.05, 0.1) is 11.7 Å². The van der Waals surface area contributed by atoms with Gasteiger partial charge in [0, 0.05) is 6.20 Å². The average molecular weight is 244 g/mol. The largest absolute Gasteiger partial charge is 0.305 e. The van der Waals surface area contributed by atoms with Crippen LogP contribution in [0.2, 0.25) is 0 Å². The second-order valence-electron chi connectivity index (χ2n) is 4.30. The molecule has 1 heterocycles. The quantitative estimate of drug-likeness (QED) is 0.893. The molecule has 94 valence electrons. The Bertz CT molecular complexity index is 480. The molecule has 1 aromatic heterocycles. The summed E-state index contributed by atoms with van der Waals surface area (Å²) in [5.74, 6) is -0.219. The summed E-state index contributed by atoms with van der Waals surface area (Å²) in [5, 5.41) is 3.34. The van der Waals surface area contributed by atoms with Gasteiger partial charge in [0.15, 0.2) is 0 Å². The summed E-state index contributed by atoms with van der Waals surface area (Å²) in [6.45, 7) is 4.86. The first kappa shape index (κ1) is 12.7. The molecule has 0 aliphatic carbocycles. The van der Waals surface area contributed by atoms with Crippen LogP contribution in [0.5, 0.6) is 0 Å². The Hall–Kier alpha value is -1.74. The molecule has 2 nitrogen and oxygen atoms in total. The zero-order chi connectivity index (χ0) is 13.0. The maximum atomic E-state index is 13.3. The highest BCUT2D eigenvalue weighted by atomic mass is 19.1. The maximum absolute atomic E-state index is 13.3. The van der Waals surface area contributed by atoms with Crippen molar-refractivity contribution >= 4 is 0 Å². The third-order valence-corrected chi connectivity index (χ3v) is 2.82. The molecule has 1 aromatic carbocycles. The van der Waals surface area contributed by atoms with E-state index in [9.17, 15) is 4.39 Å². The summed E-state index contributed by atoms with van der Waals surface area (Å²) in [7, 11) is 0. The monoisotopic (exact) mass is 244 g/mol. The fourth-order valence-electron chi connectivity index (χ4n) is 2.00. The summed E-state index contributed by atoms with van der Waals surface area (Å²) < 4.78 is 13.3. The van der Waals surface area contributed by atoms with Crippen molar-refractivity contribution in [2.45, 2.75) is 19.9 Å². The molecule has 0 saturated heterocycles. The number of hydrogen-bond donors (Lipinski definition) is 1. The fourth-order valence-corrected chi connectivity index (χ4v) is 2.00. The zero-order valence-electron chi connectivity index (χ0n) is 10.7. The lowest BCUT2D eigenvalue weighted by Gasteiger charge is -2.18. The minimum Gasteiger partial charge on any atom is -0.305 e. The van der Waals surface area contributed by atoms with Crippen molar-refractivity contribution in [1.29, 1.82) is 0 Å². The number of nitrogens with one attached hydrogen (secondary N) is 1. The molecule has 18 heavy (non-hydrogen) atoms. The van der Waals surface area contributed by atoms with Crippen LogP contribution in [0.4, 0.5) is 4.39 Å². The first-order valence-electron chi connectivity index (χ1n) is 6.12. The van der Waals surface area contributed by atoms with Crippen molar-refractivity contribution in [1.82, 2.24) is 10.3 Å². The number of rotatable bonds is 4. The predicted octanol–water partition coefficient (Wildman–Crippen LogP) is 3.23. The van der Waals surface area contributed by atoms with Gasteiger partial charge in [-0.3, -0.25) is 4.98 Å². The van der Waals surface area contributed by atoms with Crippen LogP contribution >= 0.6 is 0 Å². The van der Waals surface area contributed by atoms with Gasteiger partial charge >= 0.3 is 0 Å². The van der Waals surface area contributed by atoms with Crippen molar-refractivity contribution in [2.75, 3.05) is 6.54 Å². The van der Waals surface area contributed by atoms with E-state index >= 15 is 0 Å². The lowest BCUT2D eigenvalue weighted by atomic mass is 10.0. The van der Waals surface area contributed by atoms with Gasteiger partial charge in [-0.25, -0.2) is 4.39 Å². The van der Waals surface area contributed by atoms with Gasteiger partial charge in [-0.05, 0) is 48.9 Å². The van der Waals surface area contributed by atoms with Gasteiger partial charge in [-0.15, -0.1) is 0 Å². The molecule has 1 atom stereocenters. The first-order valence-corrected chi connectivity index (χ1v) is 6.12. The molecule has 0 bridgehead atoms. The van der Waals surface area contributed by atoms with Gasteiger partial charge in [0.1, 0.15) is 5.82 Å². The highest BCUT2D eigenvalue weighted by molar-refractivity contribution is 5.29. The van der Waals surface area contributed by atoms with Gasteiger partial charge in [-0.1, -0.05) is 19.1 Å². The Labute approximate surface area is 107 Å². The highest BCUT2D eigenvalue weighted by Gasteiger charge is 2.14. The van der Waals surface area contributed by atoms with Crippen LogP contribution in [0, 0.1) is 12.7 Å². The minimum absolute atomic E-state index is 0.0643. The van der Waals surface area contributed by atoms with Crippen LogP contribution in [-0.4, -0.2) is 11.5 Å². The zero-order valence-corrected chi connectivity index (χ0v) is 10.7. The second kappa shape index (κ2) is 5.74. The van der Waals surface area contributed by atoms with Crippen LogP contribution in [0.25, 0.3) is 0 Å². The number of aryl methyl sites for hydroxylation is 1. The molecule has 0 radical (unpaired) electrons. The van der Waals surface area contributed by atoms with Gasteiger partial charge in [0.2, 0.25) is 0 Å². The summed E-state index contributed by atoms with van der Waals surface area (Å²) >= 11 is 0. The normalized spacial score (nSPS) is 12.4. The van der Waals surface area contributed by atoms with E-state index in [0.29, 0.717) is 0 Å². The minimum atomic E-state index is -0.219. The van der Waals surface area contributed by atoms with Crippen LogP contribution in [0.15, 0.2) is 42.6 Å². The number of nitrogens with zero attached hydrogens (tertiary/aromatic N) is 1. The summed E-state index contributed by atoms with van der Waals surface area (Å²) in [6.07, 6.45) is 1.79. The van der Waals surface area contributed by atoms with Gasteiger partial charge < -0.3 is 5.32 Å². The van der Waals surface area contributed by atoms with Gasteiger partial charge in [0.25, 0.3) is 0 Å². The second-order valence-corrected chi connectivity index (χ2v) is 4.30.